The maximum atomic E-state index is 13.0. The van der Waals surface area contributed by atoms with Crippen LogP contribution in [0.3, 0.4) is 0 Å². The molecule has 0 bridgehead atoms. The lowest BCUT2D eigenvalue weighted by atomic mass is 10.0. The van der Waals surface area contributed by atoms with E-state index in [-0.39, 0.29) is 0 Å². The average molecular weight is 419 g/mol. The fourth-order valence-electron chi connectivity index (χ4n) is 3.58. The van der Waals surface area contributed by atoms with E-state index in [2.05, 4.69) is 5.32 Å². The largest absolute Gasteiger partial charge is 0.486 e. The molecule has 7 nitrogen and oxygen atoms in total. The van der Waals surface area contributed by atoms with Gasteiger partial charge < -0.3 is 14.8 Å². The van der Waals surface area contributed by atoms with Crippen molar-refractivity contribution in [3.63, 3.8) is 0 Å². The van der Waals surface area contributed by atoms with E-state index in [1.165, 1.54) is 0 Å². The lowest BCUT2D eigenvalue weighted by molar-refractivity contribution is -0.116. The van der Waals surface area contributed by atoms with Gasteiger partial charge >= 0.3 is 0 Å². The van der Waals surface area contributed by atoms with Crippen molar-refractivity contribution in [2.45, 2.75) is 33.7 Å². The summed E-state index contributed by atoms with van der Waals surface area (Å²) in [6.07, 6.45) is 1.08. The number of nitrogens with zero attached hydrogens (tertiary/aromatic N) is 1. The fraction of sp³-hybridized carbons (Fsp3) is 0.381. The topological polar surface area (TPSA) is 84.9 Å². The highest BCUT2D eigenvalue weighted by Gasteiger charge is 2.30. The molecule has 0 spiro atoms. The molecule has 156 valence electrons. The number of carbonyl (C=O) groups excluding carboxylic acids is 1. The van der Waals surface area contributed by atoms with E-state index in [4.69, 9.17) is 9.47 Å². The Labute approximate surface area is 171 Å². The van der Waals surface area contributed by atoms with Crippen LogP contribution in [0, 0.1) is 20.8 Å². The molecule has 1 heterocycles. The first-order valence-electron chi connectivity index (χ1n) is 9.35. The van der Waals surface area contributed by atoms with Gasteiger partial charge in [0.2, 0.25) is 15.9 Å². The number of aryl methyl sites for hydroxylation is 3. The SMILES string of the molecule is Cc1cc(C)c(NC(=O)[C@H](C)N(c2ccc3c(c2)OCCO3)S(C)(=O)=O)c(C)c1. The van der Waals surface area contributed by atoms with Crippen molar-refractivity contribution < 1.29 is 22.7 Å². The van der Waals surface area contributed by atoms with E-state index >= 15 is 0 Å². The van der Waals surface area contributed by atoms with E-state index in [0.29, 0.717) is 36.1 Å². The van der Waals surface area contributed by atoms with Crippen molar-refractivity contribution in [2.75, 3.05) is 29.1 Å². The monoisotopic (exact) mass is 418 g/mol. The third-order valence-electron chi connectivity index (χ3n) is 4.79. The van der Waals surface area contributed by atoms with Gasteiger partial charge in [0.25, 0.3) is 0 Å². The molecule has 8 heteroatoms. The number of sulfonamides is 1. The fourth-order valence-corrected chi connectivity index (χ4v) is 4.75. The molecule has 1 aliphatic heterocycles. The molecule has 0 saturated carbocycles. The van der Waals surface area contributed by atoms with Gasteiger partial charge in [-0.25, -0.2) is 8.42 Å². The molecular weight excluding hydrogens is 392 g/mol. The molecule has 2 aromatic rings. The van der Waals surface area contributed by atoms with Crippen LogP contribution >= 0.6 is 0 Å². The van der Waals surface area contributed by atoms with Gasteiger partial charge in [0.05, 0.1) is 11.9 Å². The minimum Gasteiger partial charge on any atom is -0.486 e. The standard InChI is InChI=1S/C21H26N2O5S/c1-13-10-14(2)20(15(3)11-13)22-21(24)16(4)23(29(5,25)26)17-6-7-18-19(12-17)28-9-8-27-18/h6-7,10-12,16H,8-9H2,1-5H3,(H,22,24)/t16-/m0/s1. The number of benzene rings is 2. The lowest BCUT2D eigenvalue weighted by Gasteiger charge is -2.29. The number of ether oxygens (including phenoxy) is 2. The van der Waals surface area contributed by atoms with Crippen LogP contribution in [0.25, 0.3) is 0 Å². The minimum absolute atomic E-state index is 0.344. The predicted molar refractivity (Wildman–Crippen MR) is 113 cm³/mol. The van der Waals surface area contributed by atoms with Crippen molar-refractivity contribution in [1.29, 1.82) is 0 Å². The highest BCUT2D eigenvalue weighted by molar-refractivity contribution is 7.92. The summed E-state index contributed by atoms with van der Waals surface area (Å²) >= 11 is 0. The van der Waals surface area contributed by atoms with Crippen LogP contribution in [0.5, 0.6) is 11.5 Å². The van der Waals surface area contributed by atoms with E-state index in [9.17, 15) is 13.2 Å². The molecule has 2 aromatic carbocycles. The zero-order valence-corrected chi connectivity index (χ0v) is 18.1. The number of amides is 1. The van der Waals surface area contributed by atoms with Gasteiger partial charge in [0, 0.05) is 11.8 Å². The van der Waals surface area contributed by atoms with Crippen molar-refractivity contribution >= 4 is 27.3 Å². The van der Waals surface area contributed by atoms with E-state index in [1.54, 1.807) is 25.1 Å². The highest BCUT2D eigenvalue weighted by atomic mass is 32.2. The molecule has 0 aromatic heterocycles. The quantitative estimate of drug-likeness (QED) is 0.806. The molecule has 0 radical (unpaired) electrons. The summed E-state index contributed by atoms with van der Waals surface area (Å²) in [5.74, 6) is 0.594. The molecule has 0 fully saturated rings. The van der Waals surface area contributed by atoms with Gasteiger partial charge in [0.1, 0.15) is 19.3 Å². The molecule has 0 saturated heterocycles. The second kappa shape index (κ2) is 7.94. The first-order valence-corrected chi connectivity index (χ1v) is 11.2. The predicted octanol–water partition coefficient (Wildman–Crippen LogP) is 3.18. The summed E-state index contributed by atoms with van der Waals surface area (Å²) in [6.45, 7) is 8.20. The highest BCUT2D eigenvalue weighted by Crippen LogP contribution is 2.35. The summed E-state index contributed by atoms with van der Waals surface area (Å²) in [4.78, 5) is 13.0. The Bertz CT molecular complexity index is 1030. The Hall–Kier alpha value is -2.74. The zero-order valence-electron chi connectivity index (χ0n) is 17.3. The van der Waals surface area contributed by atoms with Crippen molar-refractivity contribution in [2.24, 2.45) is 0 Å². The van der Waals surface area contributed by atoms with Crippen molar-refractivity contribution in [3.05, 3.63) is 47.0 Å². The number of hydrogen-bond donors (Lipinski definition) is 1. The normalized spacial score (nSPS) is 14.2. The summed E-state index contributed by atoms with van der Waals surface area (Å²) < 4.78 is 37.3. The van der Waals surface area contributed by atoms with Crippen LogP contribution in [0.1, 0.15) is 23.6 Å². The molecule has 1 aliphatic rings. The molecule has 0 aliphatic carbocycles. The first-order chi connectivity index (χ1) is 13.6. The second-order valence-electron chi connectivity index (χ2n) is 7.33. The maximum absolute atomic E-state index is 13.0. The van der Waals surface area contributed by atoms with Gasteiger partial charge in [0.15, 0.2) is 11.5 Å². The Kier molecular flexibility index (Phi) is 5.75. The van der Waals surface area contributed by atoms with Crippen LogP contribution in [0.4, 0.5) is 11.4 Å². The van der Waals surface area contributed by atoms with Crippen LogP contribution in [0.15, 0.2) is 30.3 Å². The molecule has 1 amide bonds. The Morgan fingerprint density at radius 2 is 1.62 bits per heavy atom. The Morgan fingerprint density at radius 1 is 1.03 bits per heavy atom. The third kappa shape index (κ3) is 4.48. The number of nitrogens with one attached hydrogen (secondary N) is 1. The summed E-state index contributed by atoms with van der Waals surface area (Å²) in [5.41, 5.74) is 3.99. The summed E-state index contributed by atoms with van der Waals surface area (Å²) in [5, 5.41) is 2.89. The molecule has 29 heavy (non-hydrogen) atoms. The number of anilines is 2. The number of rotatable bonds is 5. The van der Waals surface area contributed by atoms with E-state index < -0.39 is 22.0 Å². The molecule has 0 unspecified atom stereocenters. The Morgan fingerprint density at radius 3 is 2.21 bits per heavy atom. The minimum atomic E-state index is -3.73. The van der Waals surface area contributed by atoms with Gasteiger partial charge in [-0.1, -0.05) is 17.7 Å². The maximum Gasteiger partial charge on any atom is 0.248 e. The first kappa shape index (κ1) is 21.0. The number of hydrogen-bond acceptors (Lipinski definition) is 5. The van der Waals surface area contributed by atoms with Gasteiger partial charge in [-0.3, -0.25) is 9.10 Å². The van der Waals surface area contributed by atoms with Crippen LogP contribution in [0.2, 0.25) is 0 Å². The van der Waals surface area contributed by atoms with Crippen molar-refractivity contribution in [3.8, 4) is 11.5 Å². The number of carbonyl (C=O) groups is 1. The molecular formula is C21H26N2O5S. The average Bonchev–Trinajstić information content (AvgIpc) is 2.63. The Balaban J connectivity index is 1.93. The van der Waals surface area contributed by atoms with Crippen LogP contribution in [-0.4, -0.2) is 39.8 Å². The second-order valence-corrected chi connectivity index (χ2v) is 9.19. The zero-order chi connectivity index (χ0) is 21.3. The molecule has 3 rings (SSSR count). The lowest BCUT2D eigenvalue weighted by Crippen LogP contribution is -2.45. The smallest absolute Gasteiger partial charge is 0.248 e. The van der Waals surface area contributed by atoms with E-state index in [0.717, 1.165) is 27.3 Å². The van der Waals surface area contributed by atoms with E-state index in [1.807, 2.05) is 32.9 Å². The number of fused-ring (bicyclic) bond motifs is 1. The molecule has 1 N–H and O–H groups in total. The van der Waals surface area contributed by atoms with Crippen LogP contribution in [-0.2, 0) is 14.8 Å². The van der Waals surface area contributed by atoms with Gasteiger partial charge in [-0.05, 0) is 51.0 Å². The van der Waals surface area contributed by atoms with Gasteiger partial charge in [-0.2, -0.15) is 0 Å². The van der Waals surface area contributed by atoms with Crippen LogP contribution < -0.4 is 19.1 Å². The van der Waals surface area contributed by atoms with Gasteiger partial charge in [-0.15, -0.1) is 0 Å². The third-order valence-corrected chi connectivity index (χ3v) is 6.04. The molecule has 1 atom stereocenters. The summed E-state index contributed by atoms with van der Waals surface area (Å²) in [7, 11) is -3.73. The summed E-state index contributed by atoms with van der Waals surface area (Å²) in [6, 6.07) is 7.83. The van der Waals surface area contributed by atoms with Crippen molar-refractivity contribution in [1.82, 2.24) is 0 Å².